The molecule has 1 heterocycles. The quantitative estimate of drug-likeness (QED) is 0.501. The molecule has 96 valence electrons. The summed E-state index contributed by atoms with van der Waals surface area (Å²) in [7, 11) is 0. The number of pyridine rings is 1. The van der Waals surface area contributed by atoms with Gasteiger partial charge in [0.05, 0.1) is 16.8 Å². The van der Waals surface area contributed by atoms with E-state index in [9.17, 15) is 4.79 Å². The average Bonchev–Trinajstić information content (AvgIpc) is 2.42. The van der Waals surface area contributed by atoms with E-state index < -0.39 is 0 Å². The molecule has 0 saturated heterocycles. The number of hydrazone groups is 1. The molecule has 0 saturated carbocycles. The van der Waals surface area contributed by atoms with Crippen molar-refractivity contribution in [3.63, 3.8) is 0 Å². The van der Waals surface area contributed by atoms with Gasteiger partial charge in [-0.15, -0.1) is 0 Å². The number of amides is 1. The van der Waals surface area contributed by atoms with Crippen molar-refractivity contribution in [2.45, 2.75) is 0 Å². The van der Waals surface area contributed by atoms with E-state index in [0.717, 1.165) is 9.13 Å². The van der Waals surface area contributed by atoms with E-state index in [1.807, 2.05) is 12.1 Å². The molecule has 19 heavy (non-hydrogen) atoms. The third-order valence-electron chi connectivity index (χ3n) is 2.24. The zero-order valence-electron chi connectivity index (χ0n) is 9.68. The van der Waals surface area contributed by atoms with Crippen LogP contribution in [0.5, 0.6) is 0 Å². The molecule has 2 rings (SSSR count). The minimum Gasteiger partial charge on any atom is -0.267 e. The largest absolute Gasteiger partial charge is 0.272 e. The van der Waals surface area contributed by atoms with Crippen LogP contribution in [-0.4, -0.2) is 17.1 Å². The lowest BCUT2D eigenvalue weighted by atomic mass is 10.2. The Morgan fingerprint density at radius 2 is 2.26 bits per heavy atom. The summed E-state index contributed by atoms with van der Waals surface area (Å²) in [5.74, 6) is -0.344. The molecule has 1 N–H and O–H groups in total. The molecule has 0 unspecified atom stereocenters. The highest BCUT2D eigenvalue weighted by molar-refractivity contribution is 14.1. The molecule has 4 nitrogen and oxygen atoms in total. The van der Waals surface area contributed by atoms with Gasteiger partial charge in [-0.2, -0.15) is 5.10 Å². The second kappa shape index (κ2) is 6.63. The topological polar surface area (TPSA) is 54.4 Å². The molecule has 0 aliphatic carbocycles. The summed E-state index contributed by atoms with van der Waals surface area (Å²) in [5, 5.41) is 4.26. The normalized spacial score (nSPS) is 10.6. The van der Waals surface area contributed by atoms with E-state index >= 15 is 0 Å². The van der Waals surface area contributed by atoms with Crippen molar-refractivity contribution in [1.29, 1.82) is 0 Å². The number of rotatable bonds is 3. The van der Waals surface area contributed by atoms with Crippen molar-refractivity contribution in [1.82, 2.24) is 10.4 Å². The molecule has 0 aliphatic rings. The highest BCUT2D eigenvalue weighted by atomic mass is 127. The Kier molecular flexibility index (Phi) is 4.86. The van der Waals surface area contributed by atoms with Crippen LogP contribution in [0.3, 0.4) is 0 Å². The van der Waals surface area contributed by atoms with Crippen molar-refractivity contribution in [3.8, 4) is 0 Å². The number of carbonyl (C=O) groups excluding carboxylic acids is 1. The zero-order valence-corrected chi connectivity index (χ0v) is 12.6. The Bertz CT molecular complexity index is 617. The van der Waals surface area contributed by atoms with Crippen LogP contribution in [0.25, 0.3) is 0 Å². The van der Waals surface area contributed by atoms with E-state index in [2.05, 4.69) is 38.1 Å². The molecule has 1 aromatic carbocycles. The first kappa shape index (κ1) is 14.0. The summed E-state index contributed by atoms with van der Waals surface area (Å²) in [6, 6.07) is 8.85. The monoisotopic (exact) mass is 385 g/mol. The van der Waals surface area contributed by atoms with Crippen molar-refractivity contribution in [2.75, 3.05) is 0 Å². The molecule has 6 heteroatoms. The minimum atomic E-state index is -0.344. The number of halogens is 2. The highest BCUT2D eigenvalue weighted by Gasteiger charge is 2.09. The first-order valence-electron chi connectivity index (χ1n) is 5.35. The van der Waals surface area contributed by atoms with E-state index in [-0.39, 0.29) is 5.91 Å². The highest BCUT2D eigenvalue weighted by Crippen LogP contribution is 2.18. The summed E-state index contributed by atoms with van der Waals surface area (Å²) in [6.07, 6.45) is 4.84. The van der Waals surface area contributed by atoms with E-state index in [1.54, 1.807) is 30.6 Å². The summed E-state index contributed by atoms with van der Waals surface area (Å²) in [5.41, 5.74) is 3.63. The van der Waals surface area contributed by atoms with E-state index in [0.29, 0.717) is 10.6 Å². The molecule has 0 atom stereocenters. The van der Waals surface area contributed by atoms with Gasteiger partial charge in [-0.05, 0) is 46.9 Å². The Labute approximate surface area is 129 Å². The van der Waals surface area contributed by atoms with Gasteiger partial charge in [-0.3, -0.25) is 9.78 Å². The van der Waals surface area contributed by atoms with Crippen LogP contribution in [0.2, 0.25) is 5.02 Å². The van der Waals surface area contributed by atoms with Crippen molar-refractivity contribution >= 4 is 46.3 Å². The summed E-state index contributed by atoms with van der Waals surface area (Å²) in [6.45, 7) is 0. The van der Waals surface area contributed by atoms with Crippen LogP contribution in [0, 0.1) is 3.57 Å². The SMILES string of the molecule is O=C(N/N=C\c1cccnc1)c1cc(I)ccc1Cl. The standard InChI is InChI=1S/C13H9ClIN3O/c14-12-4-3-10(15)6-11(12)13(19)18-17-8-9-2-1-5-16-7-9/h1-8H,(H,18,19)/b17-8-. The Balaban J connectivity index is 2.06. The fourth-order valence-electron chi connectivity index (χ4n) is 1.35. The smallest absolute Gasteiger partial charge is 0.267 e. The van der Waals surface area contributed by atoms with Gasteiger partial charge in [0, 0.05) is 21.5 Å². The maximum atomic E-state index is 11.9. The molecule has 1 aromatic heterocycles. The number of hydrogen-bond acceptors (Lipinski definition) is 3. The molecule has 0 bridgehead atoms. The predicted molar refractivity (Wildman–Crippen MR) is 83.5 cm³/mol. The van der Waals surface area contributed by atoms with Gasteiger partial charge in [0.1, 0.15) is 0 Å². The van der Waals surface area contributed by atoms with Gasteiger partial charge < -0.3 is 0 Å². The first-order valence-corrected chi connectivity index (χ1v) is 6.81. The lowest BCUT2D eigenvalue weighted by molar-refractivity contribution is 0.0955. The third kappa shape index (κ3) is 4.00. The van der Waals surface area contributed by atoms with Gasteiger partial charge in [-0.25, -0.2) is 5.43 Å². The first-order chi connectivity index (χ1) is 9.16. The van der Waals surface area contributed by atoms with Crippen LogP contribution < -0.4 is 5.43 Å². The maximum absolute atomic E-state index is 11.9. The number of carbonyl (C=O) groups is 1. The zero-order chi connectivity index (χ0) is 13.7. The second-order valence-electron chi connectivity index (χ2n) is 3.61. The van der Waals surface area contributed by atoms with Crippen LogP contribution >= 0.6 is 34.2 Å². The van der Waals surface area contributed by atoms with Gasteiger partial charge in [0.2, 0.25) is 0 Å². The molecule has 0 radical (unpaired) electrons. The Hall–Kier alpha value is -1.47. The number of benzene rings is 1. The van der Waals surface area contributed by atoms with E-state index in [4.69, 9.17) is 11.6 Å². The van der Waals surface area contributed by atoms with Crippen LogP contribution in [0.4, 0.5) is 0 Å². The van der Waals surface area contributed by atoms with Crippen molar-refractivity contribution in [2.24, 2.45) is 5.10 Å². The molecule has 0 spiro atoms. The van der Waals surface area contributed by atoms with Crippen LogP contribution in [-0.2, 0) is 0 Å². The Morgan fingerprint density at radius 1 is 1.42 bits per heavy atom. The summed E-state index contributed by atoms with van der Waals surface area (Å²) >= 11 is 8.08. The molecule has 0 aliphatic heterocycles. The van der Waals surface area contributed by atoms with Gasteiger partial charge in [-0.1, -0.05) is 17.7 Å². The maximum Gasteiger partial charge on any atom is 0.272 e. The van der Waals surface area contributed by atoms with Gasteiger partial charge in [0.25, 0.3) is 5.91 Å². The lowest BCUT2D eigenvalue weighted by Crippen LogP contribution is -2.18. The van der Waals surface area contributed by atoms with Gasteiger partial charge >= 0.3 is 0 Å². The lowest BCUT2D eigenvalue weighted by Gasteiger charge is -2.03. The Morgan fingerprint density at radius 3 is 3.00 bits per heavy atom. The molecule has 2 aromatic rings. The fourth-order valence-corrected chi connectivity index (χ4v) is 2.04. The third-order valence-corrected chi connectivity index (χ3v) is 3.24. The summed E-state index contributed by atoms with van der Waals surface area (Å²) < 4.78 is 0.934. The van der Waals surface area contributed by atoms with Crippen molar-refractivity contribution in [3.05, 3.63) is 62.4 Å². The molecule has 1 amide bonds. The molecular formula is C13H9ClIN3O. The van der Waals surface area contributed by atoms with Gasteiger partial charge in [0.15, 0.2) is 0 Å². The van der Waals surface area contributed by atoms with Crippen LogP contribution in [0.15, 0.2) is 47.8 Å². The van der Waals surface area contributed by atoms with E-state index in [1.165, 1.54) is 6.21 Å². The minimum absolute atomic E-state index is 0.344. The average molecular weight is 386 g/mol. The fraction of sp³-hybridized carbons (Fsp3) is 0. The molecule has 0 fully saturated rings. The summed E-state index contributed by atoms with van der Waals surface area (Å²) in [4.78, 5) is 15.8. The second-order valence-corrected chi connectivity index (χ2v) is 5.26. The van der Waals surface area contributed by atoms with Crippen LogP contribution in [0.1, 0.15) is 15.9 Å². The van der Waals surface area contributed by atoms with Crippen molar-refractivity contribution < 1.29 is 4.79 Å². The number of nitrogens with one attached hydrogen (secondary N) is 1. The number of aromatic nitrogens is 1. The molecular weight excluding hydrogens is 377 g/mol. The number of nitrogens with zero attached hydrogens (tertiary/aromatic N) is 2. The predicted octanol–water partition coefficient (Wildman–Crippen LogP) is 3.10. The number of hydrogen-bond donors (Lipinski definition) is 1.